The molecular formula is C14H17FN2O4. The van der Waals surface area contributed by atoms with E-state index in [1.807, 2.05) is 0 Å². The Kier molecular flexibility index (Phi) is 4.52. The molecule has 1 aromatic rings. The van der Waals surface area contributed by atoms with E-state index >= 15 is 0 Å². The van der Waals surface area contributed by atoms with Crippen molar-refractivity contribution in [1.29, 1.82) is 0 Å². The third-order valence-electron chi connectivity index (χ3n) is 3.74. The lowest BCUT2D eigenvalue weighted by Crippen LogP contribution is -2.45. The number of hydrogen-bond acceptors (Lipinski definition) is 4. The molecule has 1 fully saturated rings. The SMILES string of the molecule is Cc1cc(F)cc(C(=O)NC2CCCCC2O)c1[N+](=O)[O-]. The van der Waals surface area contributed by atoms with Gasteiger partial charge in [-0.2, -0.15) is 0 Å². The van der Waals surface area contributed by atoms with Crippen LogP contribution in [0.5, 0.6) is 0 Å². The molecule has 1 aliphatic rings. The number of halogens is 1. The van der Waals surface area contributed by atoms with Crippen LogP contribution in [0.2, 0.25) is 0 Å². The van der Waals surface area contributed by atoms with Crippen LogP contribution in [-0.4, -0.2) is 28.1 Å². The average Bonchev–Trinajstić information content (AvgIpc) is 2.39. The van der Waals surface area contributed by atoms with Crippen LogP contribution in [-0.2, 0) is 0 Å². The van der Waals surface area contributed by atoms with Gasteiger partial charge in [0.1, 0.15) is 11.4 Å². The van der Waals surface area contributed by atoms with Crippen LogP contribution in [0.4, 0.5) is 10.1 Å². The summed E-state index contributed by atoms with van der Waals surface area (Å²) in [6, 6.07) is 1.43. The average molecular weight is 296 g/mol. The maximum Gasteiger partial charge on any atom is 0.285 e. The third kappa shape index (κ3) is 3.36. The molecule has 2 N–H and O–H groups in total. The van der Waals surface area contributed by atoms with Crippen molar-refractivity contribution in [2.75, 3.05) is 0 Å². The topological polar surface area (TPSA) is 92.5 Å². The Hall–Kier alpha value is -2.02. The Morgan fingerprint density at radius 3 is 2.71 bits per heavy atom. The van der Waals surface area contributed by atoms with Crippen molar-refractivity contribution in [1.82, 2.24) is 5.32 Å². The number of rotatable bonds is 3. The zero-order valence-electron chi connectivity index (χ0n) is 11.6. The maximum atomic E-state index is 13.4. The predicted molar refractivity (Wildman–Crippen MR) is 73.5 cm³/mol. The molecule has 0 aliphatic heterocycles. The van der Waals surface area contributed by atoms with E-state index < -0.39 is 34.5 Å². The Morgan fingerprint density at radius 1 is 1.43 bits per heavy atom. The van der Waals surface area contributed by atoms with E-state index in [0.29, 0.717) is 12.8 Å². The fraction of sp³-hybridized carbons (Fsp3) is 0.500. The molecular weight excluding hydrogens is 279 g/mol. The van der Waals surface area contributed by atoms with Gasteiger partial charge in [-0.1, -0.05) is 12.8 Å². The normalized spacial score (nSPS) is 21.9. The molecule has 0 saturated heterocycles. The standard InChI is InChI=1S/C14H17FN2O4/c1-8-6-9(15)7-10(13(8)17(20)21)14(19)16-11-4-2-3-5-12(11)18/h6-7,11-12,18H,2-5H2,1H3,(H,16,19). The van der Waals surface area contributed by atoms with Gasteiger partial charge in [-0.05, 0) is 31.9 Å². The summed E-state index contributed by atoms with van der Waals surface area (Å²) in [4.78, 5) is 22.6. The van der Waals surface area contributed by atoms with Crippen molar-refractivity contribution in [3.05, 3.63) is 39.2 Å². The fourth-order valence-electron chi connectivity index (χ4n) is 2.68. The number of carbonyl (C=O) groups is 1. The molecule has 0 heterocycles. The summed E-state index contributed by atoms with van der Waals surface area (Å²) in [6.45, 7) is 1.38. The number of aryl methyl sites for hydroxylation is 1. The number of benzene rings is 1. The molecule has 1 aliphatic carbocycles. The molecule has 2 unspecified atom stereocenters. The van der Waals surface area contributed by atoms with Gasteiger partial charge in [0.2, 0.25) is 0 Å². The van der Waals surface area contributed by atoms with Crippen LogP contribution in [0.15, 0.2) is 12.1 Å². The maximum absolute atomic E-state index is 13.4. The molecule has 2 rings (SSSR count). The van der Waals surface area contributed by atoms with Crippen molar-refractivity contribution in [2.24, 2.45) is 0 Å². The molecule has 1 aromatic carbocycles. The molecule has 1 amide bonds. The summed E-state index contributed by atoms with van der Waals surface area (Å²) >= 11 is 0. The predicted octanol–water partition coefficient (Wildman–Crippen LogP) is 2.08. The monoisotopic (exact) mass is 296 g/mol. The quantitative estimate of drug-likeness (QED) is 0.659. The fourth-order valence-corrected chi connectivity index (χ4v) is 2.68. The first-order valence-electron chi connectivity index (χ1n) is 6.83. The van der Waals surface area contributed by atoms with Crippen molar-refractivity contribution in [3.63, 3.8) is 0 Å². The van der Waals surface area contributed by atoms with Crippen molar-refractivity contribution in [3.8, 4) is 0 Å². The zero-order chi connectivity index (χ0) is 15.6. The number of nitrogens with zero attached hydrogens (tertiary/aromatic N) is 1. The minimum Gasteiger partial charge on any atom is -0.391 e. The highest BCUT2D eigenvalue weighted by Gasteiger charge is 2.29. The number of hydrogen-bond donors (Lipinski definition) is 2. The van der Waals surface area contributed by atoms with Crippen molar-refractivity contribution >= 4 is 11.6 Å². The number of nitrogens with one attached hydrogen (secondary N) is 1. The van der Waals surface area contributed by atoms with Gasteiger partial charge >= 0.3 is 0 Å². The summed E-state index contributed by atoms with van der Waals surface area (Å²) < 4.78 is 13.4. The molecule has 0 radical (unpaired) electrons. The van der Waals surface area contributed by atoms with Gasteiger partial charge in [0.15, 0.2) is 0 Å². The van der Waals surface area contributed by atoms with E-state index in [-0.39, 0.29) is 11.1 Å². The van der Waals surface area contributed by atoms with E-state index in [4.69, 9.17) is 0 Å². The first-order valence-corrected chi connectivity index (χ1v) is 6.83. The summed E-state index contributed by atoms with van der Waals surface area (Å²) in [7, 11) is 0. The lowest BCUT2D eigenvalue weighted by atomic mass is 9.92. The second kappa shape index (κ2) is 6.17. The number of aliphatic hydroxyl groups excluding tert-OH is 1. The van der Waals surface area contributed by atoms with Gasteiger partial charge in [0.25, 0.3) is 11.6 Å². The molecule has 0 bridgehead atoms. The number of nitro benzene ring substituents is 1. The summed E-state index contributed by atoms with van der Waals surface area (Å²) in [5, 5.41) is 23.5. The highest BCUT2D eigenvalue weighted by atomic mass is 19.1. The van der Waals surface area contributed by atoms with Gasteiger partial charge in [0, 0.05) is 5.56 Å². The summed E-state index contributed by atoms with van der Waals surface area (Å²) in [5.74, 6) is -1.43. The highest BCUT2D eigenvalue weighted by molar-refractivity contribution is 5.98. The Labute approximate surface area is 121 Å². The third-order valence-corrected chi connectivity index (χ3v) is 3.74. The molecule has 0 spiro atoms. The van der Waals surface area contributed by atoms with Gasteiger partial charge in [0.05, 0.1) is 17.1 Å². The van der Waals surface area contributed by atoms with Gasteiger partial charge in [-0.25, -0.2) is 4.39 Å². The summed E-state index contributed by atoms with van der Waals surface area (Å²) in [5.41, 5.74) is -0.621. The number of nitro groups is 1. The van der Waals surface area contributed by atoms with Gasteiger partial charge < -0.3 is 10.4 Å². The first kappa shape index (κ1) is 15.4. The molecule has 6 nitrogen and oxygen atoms in total. The molecule has 0 aromatic heterocycles. The van der Waals surface area contributed by atoms with Crippen LogP contribution >= 0.6 is 0 Å². The van der Waals surface area contributed by atoms with Crippen LogP contribution in [0.25, 0.3) is 0 Å². The van der Waals surface area contributed by atoms with E-state index in [1.54, 1.807) is 0 Å². The molecule has 7 heteroatoms. The highest BCUT2D eigenvalue weighted by Crippen LogP contribution is 2.26. The van der Waals surface area contributed by atoms with Crippen LogP contribution in [0, 0.1) is 22.9 Å². The van der Waals surface area contributed by atoms with Gasteiger partial charge in [-0.15, -0.1) is 0 Å². The van der Waals surface area contributed by atoms with E-state index in [9.17, 15) is 24.4 Å². The van der Waals surface area contributed by atoms with Gasteiger partial charge in [-0.3, -0.25) is 14.9 Å². The smallest absolute Gasteiger partial charge is 0.285 e. The second-order valence-corrected chi connectivity index (χ2v) is 5.31. The summed E-state index contributed by atoms with van der Waals surface area (Å²) in [6.07, 6.45) is 2.26. The molecule has 2 atom stereocenters. The number of carbonyl (C=O) groups excluding carboxylic acids is 1. The van der Waals surface area contributed by atoms with Crippen LogP contribution in [0.3, 0.4) is 0 Å². The van der Waals surface area contributed by atoms with E-state index in [2.05, 4.69) is 5.32 Å². The van der Waals surface area contributed by atoms with Crippen molar-refractivity contribution in [2.45, 2.75) is 44.8 Å². The molecule has 114 valence electrons. The number of amides is 1. The minimum atomic E-state index is -0.727. The number of aliphatic hydroxyl groups is 1. The molecule has 21 heavy (non-hydrogen) atoms. The van der Waals surface area contributed by atoms with Crippen LogP contribution in [0.1, 0.15) is 41.6 Å². The molecule has 1 saturated carbocycles. The first-order chi connectivity index (χ1) is 9.90. The van der Waals surface area contributed by atoms with Crippen molar-refractivity contribution < 1.29 is 19.2 Å². The van der Waals surface area contributed by atoms with Crippen LogP contribution < -0.4 is 5.32 Å². The Balaban J connectivity index is 2.28. The lowest BCUT2D eigenvalue weighted by Gasteiger charge is -2.28. The van der Waals surface area contributed by atoms with E-state index in [1.165, 1.54) is 6.92 Å². The largest absolute Gasteiger partial charge is 0.391 e. The Bertz CT molecular complexity index is 576. The second-order valence-electron chi connectivity index (χ2n) is 5.31. The zero-order valence-corrected chi connectivity index (χ0v) is 11.6. The van der Waals surface area contributed by atoms with E-state index in [0.717, 1.165) is 25.0 Å². The minimum absolute atomic E-state index is 0.0920. The lowest BCUT2D eigenvalue weighted by molar-refractivity contribution is -0.385. The Morgan fingerprint density at radius 2 is 2.10 bits per heavy atom.